The Hall–Kier alpha value is -2.12. The third-order valence-electron chi connectivity index (χ3n) is 2.57. The Balaban J connectivity index is 2.20. The maximum Gasteiger partial charge on any atom is 0.337 e. The van der Waals surface area contributed by atoms with Gasteiger partial charge in [-0.3, -0.25) is 4.72 Å². The second-order valence-corrected chi connectivity index (χ2v) is 6.06. The first kappa shape index (κ1) is 15.3. The number of rotatable bonds is 4. The van der Waals surface area contributed by atoms with Crippen molar-refractivity contribution in [2.24, 2.45) is 0 Å². The number of esters is 1. The van der Waals surface area contributed by atoms with Gasteiger partial charge in [-0.1, -0.05) is 11.6 Å². The average molecular weight is 327 g/mol. The van der Waals surface area contributed by atoms with Crippen LogP contribution in [0.1, 0.15) is 10.4 Å². The van der Waals surface area contributed by atoms with Crippen molar-refractivity contribution < 1.29 is 17.9 Å². The minimum atomic E-state index is -3.76. The zero-order valence-corrected chi connectivity index (χ0v) is 12.5. The second-order valence-electron chi connectivity index (χ2n) is 3.99. The highest BCUT2D eigenvalue weighted by molar-refractivity contribution is 7.92. The number of aromatic nitrogens is 1. The highest BCUT2D eigenvalue weighted by atomic mass is 35.5. The van der Waals surface area contributed by atoms with Crippen molar-refractivity contribution in [3.63, 3.8) is 0 Å². The Kier molecular flexibility index (Phi) is 4.44. The van der Waals surface area contributed by atoms with Crippen LogP contribution in [-0.2, 0) is 14.8 Å². The molecule has 1 aromatic heterocycles. The van der Waals surface area contributed by atoms with Crippen molar-refractivity contribution in [1.29, 1.82) is 0 Å². The van der Waals surface area contributed by atoms with Crippen LogP contribution in [0, 0.1) is 0 Å². The maximum atomic E-state index is 12.1. The Morgan fingerprint density at radius 2 is 1.86 bits per heavy atom. The molecule has 0 saturated heterocycles. The van der Waals surface area contributed by atoms with Crippen molar-refractivity contribution in [3.05, 3.63) is 53.3 Å². The molecular weight excluding hydrogens is 316 g/mol. The van der Waals surface area contributed by atoms with Gasteiger partial charge in [-0.25, -0.2) is 18.2 Å². The van der Waals surface area contributed by atoms with E-state index in [0.717, 1.165) is 6.20 Å². The SMILES string of the molecule is COC(=O)c1ccc(NS(=O)(=O)c2ccc(Cl)nc2)cc1. The lowest BCUT2D eigenvalue weighted by Gasteiger charge is -2.08. The van der Waals surface area contributed by atoms with Crippen LogP contribution in [-0.4, -0.2) is 26.5 Å². The van der Waals surface area contributed by atoms with Crippen LogP contribution in [0.2, 0.25) is 5.15 Å². The van der Waals surface area contributed by atoms with Crippen LogP contribution in [0.15, 0.2) is 47.5 Å². The highest BCUT2D eigenvalue weighted by Gasteiger charge is 2.15. The average Bonchev–Trinajstić information content (AvgIpc) is 2.47. The Labute approximate surface area is 126 Å². The number of anilines is 1. The fourth-order valence-electron chi connectivity index (χ4n) is 1.53. The molecule has 0 unspecified atom stereocenters. The third-order valence-corrected chi connectivity index (χ3v) is 4.16. The number of sulfonamides is 1. The van der Waals surface area contributed by atoms with Gasteiger partial charge in [-0.2, -0.15) is 0 Å². The lowest BCUT2D eigenvalue weighted by Crippen LogP contribution is -2.13. The van der Waals surface area contributed by atoms with Crippen LogP contribution in [0.4, 0.5) is 5.69 Å². The number of methoxy groups -OCH3 is 1. The van der Waals surface area contributed by atoms with Crippen LogP contribution in [0.25, 0.3) is 0 Å². The molecule has 0 saturated carbocycles. The highest BCUT2D eigenvalue weighted by Crippen LogP contribution is 2.17. The van der Waals surface area contributed by atoms with Crippen LogP contribution >= 0.6 is 11.6 Å². The van der Waals surface area contributed by atoms with E-state index < -0.39 is 16.0 Å². The zero-order chi connectivity index (χ0) is 15.5. The number of hydrogen-bond donors (Lipinski definition) is 1. The van der Waals surface area contributed by atoms with Gasteiger partial charge in [0.2, 0.25) is 0 Å². The lowest BCUT2D eigenvalue weighted by atomic mass is 10.2. The molecule has 0 spiro atoms. The van der Waals surface area contributed by atoms with E-state index in [1.807, 2.05) is 0 Å². The molecule has 0 fully saturated rings. The Morgan fingerprint density at radius 1 is 1.19 bits per heavy atom. The molecule has 6 nitrogen and oxygen atoms in total. The number of hydrogen-bond acceptors (Lipinski definition) is 5. The van der Waals surface area contributed by atoms with E-state index in [9.17, 15) is 13.2 Å². The summed E-state index contributed by atoms with van der Waals surface area (Å²) in [7, 11) is -2.49. The summed E-state index contributed by atoms with van der Waals surface area (Å²) in [4.78, 5) is 15.0. The number of nitrogens with zero attached hydrogens (tertiary/aromatic N) is 1. The van der Waals surface area contributed by atoms with E-state index in [0.29, 0.717) is 11.3 Å². The van der Waals surface area contributed by atoms with Gasteiger partial charge in [0.1, 0.15) is 10.0 Å². The molecule has 0 atom stereocenters. The second kappa shape index (κ2) is 6.11. The van der Waals surface area contributed by atoms with Crippen molar-refractivity contribution in [1.82, 2.24) is 4.98 Å². The van der Waals surface area contributed by atoms with E-state index in [1.54, 1.807) is 0 Å². The number of benzene rings is 1. The number of nitrogens with one attached hydrogen (secondary N) is 1. The van der Waals surface area contributed by atoms with Gasteiger partial charge in [0.25, 0.3) is 10.0 Å². The van der Waals surface area contributed by atoms with Gasteiger partial charge >= 0.3 is 5.97 Å². The smallest absolute Gasteiger partial charge is 0.337 e. The molecule has 0 aliphatic rings. The van der Waals surface area contributed by atoms with E-state index in [-0.39, 0.29) is 10.0 Å². The molecule has 2 aromatic rings. The summed E-state index contributed by atoms with van der Waals surface area (Å²) in [5, 5.41) is 0.205. The number of pyridine rings is 1. The van der Waals surface area contributed by atoms with Gasteiger partial charge in [0.05, 0.1) is 12.7 Å². The summed E-state index contributed by atoms with van der Waals surface area (Å²) in [6.45, 7) is 0. The summed E-state index contributed by atoms with van der Waals surface area (Å²) >= 11 is 5.61. The van der Waals surface area contributed by atoms with Gasteiger partial charge in [0, 0.05) is 11.9 Å². The topological polar surface area (TPSA) is 85.4 Å². The molecule has 0 aliphatic heterocycles. The molecule has 0 amide bonds. The normalized spacial score (nSPS) is 11.0. The van der Waals surface area contributed by atoms with Gasteiger partial charge in [-0.05, 0) is 36.4 Å². The van der Waals surface area contributed by atoms with Crippen molar-refractivity contribution in [3.8, 4) is 0 Å². The molecule has 1 heterocycles. The van der Waals surface area contributed by atoms with Crippen molar-refractivity contribution in [2.75, 3.05) is 11.8 Å². The summed E-state index contributed by atoms with van der Waals surface area (Å²) < 4.78 is 31.1. The van der Waals surface area contributed by atoms with Crippen molar-refractivity contribution in [2.45, 2.75) is 4.90 Å². The van der Waals surface area contributed by atoms with Crippen LogP contribution < -0.4 is 4.72 Å². The minimum absolute atomic E-state index is 0.0102. The molecule has 1 aromatic carbocycles. The predicted molar refractivity (Wildman–Crippen MR) is 77.8 cm³/mol. The first-order chi connectivity index (χ1) is 9.92. The number of halogens is 1. The standard InChI is InChI=1S/C13H11ClN2O4S/c1-20-13(17)9-2-4-10(5-3-9)16-21(18,19)11-6-7-12(14)15-8-11/h2-8,16H,1H3. The molecule has 2 rings (SSSR count). The first-order valence-corrected chi connectivity index (χ1v) is 7.61. The number of carbonyl (C=O) groups is 1. The van der Waals surface area contributed by atoms with Crippen molar-refractivity contribution >= 4 is 33.3 Å². The molecule has 0 bridgehead atoms. The molecule has 21 heavy (non-hydrogen) atoms. The monoisotopic (exact) mass is 326 g/mol. The number of carbonyl (C=O) groups excluding carboxylic acids is 1. The summed E-state index contributed by atoms with van der Waals surface area (Å²) in [6, 6.07) is 8.59. The summed E-state index contributed by atoms with van der Waals surface area (Å²) in [6.07, 6.45) is 1.16. The molecular formula is C13H11ClN2O4S. The molecule has 8 heteroatoms. The maximum absolute atomic E-state index is 12.1. The fourth-order valence-corrected chi connectivity index (χ4v) is 2.64. The first-order valence-electron chi connectivity index (χ1n) is 5.75. The predicted octanol–water partition coefficient (Wildman–Crippen LogP) is 2.32. The van der Waals surface area contributed by atoms with E-state index in [4.69, 9.17) is 11.6 Å². The molecule has 0 radical (unpaired) electrons. The lowest BCUT2D eigenvalue weighted by molar-refractivity contribution is 0.0601. The Morgan fingerprint density at radius 3 is 2.38 bits per heavy atom. The molecule has 1 N–H and O–H groups in total. The quantitative estimate of drug-likeness (QED) is 0.688. The fraction of sp³-hybridized carbons (Fsp3) is 0.0769. The summed E-state index contributed by atoms with van der Waals surface area (Å²) in [5.41, 5.74) is 0.645. The van der Waals surface area contributed by atoms with E-state index in [2.05, 4.69) is 14.4 Å². The largest absolute Gasteiger partial charge is 0.465 e. The van der Waals surface area contributed by atoms with Crippen LogP contribution in [0.5, 0.6) is 0 Å². The van der Waals surface area contributed by atoms with Gasteiger partial charge in [0.15, 0.2) is 0 Å². The van der Waals surface area contributed by atoms with Crippen LogP contribution in [0.3, 0.4) is 0 Å². The Bertz CT molecular complexity index is 743. The minimum Gasteiger partial charge on any atom is -0.465 e. The zero-order valence-electron chi connectivity index (χ0n) is 10.9. The third kappa shape index (κ3) is 3.71. The van der Waals surface area contributed by atoms with E-state index >= 15 is 0 Å². The van der Waals surface area contributed by atoms with Gasteiger partial charge in [-0.15, -0.1) is 0 Å². The van der Waals surface area contributed by atoms with E-state index in [1.165, 1.54) is 43.5 Å². The summed E-state index contributed by atoms with van der Waals surface area (Å²) in [5.74, 6) is -0.494. The molecule has 110 valence electrons. The van der Waals surface area contributed by atoms with Gasteiger partial charge < -0.3 is 4.74 Å². The number of ether oxygens (including phenoxy) is 1. The molecule has 0 aliphatic carbocycles.